The number of hydrogen-bond donors (Lipinski definition) is 1. The van der Waals surface area contributed by atoms with Gasteiger partial charge in [-0.05, 0) is 59.0 Å². The Morgan fingerprint density at radius 2 is 2.14 bits per heavy atom. The molecule has 0 aliphatic carbocycles. The van der Waals surface area contributed by atoms with E-state index in [0.717, 1.165) is 8.47 Å². The van der Waals surface area contributed by atoms with Crippen LogP contribution in [0.25, 0.3) is 11.1 Å². The molecule has 1 heterocycles. The van der Waals surface area contributed by atoms with Gasteiger partial charge in [0.15, 0.2) is 12.0 Å². The molecule has 0 unspecified atom stereocenters. The van der Waals surface area contributed by atoms with Crippen LogP contribution in [0.5, 0.6) is 0 Å². The summed E-state index contributed by atoms with van der Waals surface area (Å²) in [7, 11) is 0. The molecule has 3 amide bonds. The van der Waals surface area contributed by atoms with E-state index in [1.165, 1.54) is 6.39 Å². The third-order valence-electron chi connectivity index (χ3n) is 2.99. The quantitative estimate of drug-likeness (QED) is 0.532. The maximum Gasteiger partial charge on any atom is 0.332 e. The van der Waals surface area contributed by atoms with Crippen LogP contribution in [0.1, 0.15) is 0 Å². The highest BCUT2D eigenvalue weighted by Crippen LogP contribution is 2.20. The third-order valence-corrected chi connectivity index (χ3v) is 3.66. The number of fused-ring (bicyclic) bond motifs is 1. The summed E-state index contributed by atoms with van der Waals surface area (Å²) in [6, 6.07) is 11.6. The molecule has 0 radical (unpaired) electrons. The van der Waals surface area contributed by atoms with Crippen LogP contribution in [0.2, 0.25) is 0 Å². The molecule has 3 aromatic rings. The lowest BCUT2D eigenvalue weighted by Gasteiger charge is -2.16. The lowest BCUT2D eigenvalue weighted by atomic mass is 10.3. The van der Waals surface area contributed by atoms with E-state index in [1.807, 2.05) is 6.07 Å². The number of anilines is 2. The molecule has 0 bridgehead atoms. The minimum Gasteiger partial charge on any atom is -0.443 e. The lowest BCUT2D eigenvalue weighted by Crippen LogP contribution is -2.33. The summed E-state index contributed by atoms with van der Waals surface area (Å²) < 4.78 is 6.07. The number of imide groups is 1. The SMILES string of the molecule is O=CN(C(=O)Nc1ccc2ocnc2c1)c1cccc(I)c1. The Labute approximate surface area is 139 Å². The monoisotopic (exact) mass is 407 g/mol. The Hall–Kier alpha value is -2.42. The van der Waals surface area contributed by atoms with Gasteiger partial charge < -0.3 is 9.73 Å². The number of hydrogen-bond acceptors (Lipinski definition) is 4. The van der Waals surface area contributed by atoms with Gasteiger partial charge in [-0.15, -0.1) is 0 Å². The number of nitrogens with zero attached hydrogens (tertiary/aromatic N) is 2. The molecule has 7 heteroatoms. The predicted octanol–water partition coefficient (Wildman–Crippen LogP) is 3.63. The van der Waals surface area contributed by atoms with Crippen LogP contribution in [-0.2, 0) is 4.79 Å². The number of amides is 3. The van der Waals surface area contributed by atoms with Crippen molar-refractivity contribution in [3.8, 4) is 0 Å². The number of aromatic nitrogens is 1. The normalized spacial score (nSPS) is 10.4. The molecule has 0 aliphatic rings. The van der Waals surface area contributed by atoms with Gasteiger partial charge in [-0.1, -0.05) is 6.07 Å². The Balaban J connectivity index is 1.83. The smallest absolute Gasteiger partial charge is 0.332 e. The molecule has 6 nitrogen and oxygen atoms in total. The lowest BCUT2D eigenvalue weighted by molar-refractivity contribution is -0.106. The van der Waals surface area contributed by atoms with Crippen LogP contribution in [0, 0.1) is 3.57 Å². The van der Waals surface area contributed by atoms with E-state index in [-0.39, 0.29) is 0 Å². The zero-order chi connectivity index (χ0) is 15.5. The summed E-state index contributed by atoms with van der Waals surface area (Å²) in [5, 5.41) is 2.66. The summed E-state index contributed by atoms with van der Waals surface area (Å²) in [5.74, 6) is 0. The van der Waals surface area contributed by atoms with Gasteiger partial charge in [-0.25, -0.2) is 14.7 Å². The van der Waals surface area contributed by atoms with Crippen molar-refractivity contribution >= 4 is 57.5 Å². The number of rotatable bonds is 3. The molecular formula is C15H10IN3O3. The summed E-state index contributed by atoms with van der Waals surface area (Å²) in [4.78, 5) is 28.6. The van der Waals surface area contributed by atoms with E-state index < -0.39 is 6.03 Å². The number of carbonyl (C=O) groups is 2. The van der Waals surface area contributed by atoms with Crippen LogP contribution in [0.15, 0.2) is 53.3 Å². The van der Waals surface area contributed by atoms with Crippen molar-refractivity contribution in [1.29, 1.82) is 0 Å². The first-order valence-corrected chi connectivity index (χ1v) is 7.39. The molecular weight excluding hydrogens is 397 g/mol. The Bertz CT molecular complexity index is 847. The zero-order valence-electron chi connectivity index (χ0n) is 11.2. The van der Waals surface area contributed by atoms with Gasteiger partial charge >= 0.3 is 6.03 Å². The summed E-state index contributed by atoms with van der Waals surface area (Å²) in [6.07, 6.45) is 1.81. The molecule has 0 saturated carbocycles. The van der Waals surface area contributed by atoms with Crippen molar-refractivity contribution in [2.45, 2.75) is 0 Å². The van der Waals surface area contributed by atoms with E-state index in [2.05, 4.69) is 32.9 Å². The maximum absolute atomic E-state index is 12.3. The summed E-state index contributed by atoms with van der Waals surface area (Å²) in [5.41, 5.74) is 2.29. The van der Waals surface area contributed by atoms with Crippen molar-refractivity contribution in [1.82, 2.24) is 4.98 Å². The fourth-order valence-corrected chi connectivity index (χ4v) is 2.50. The van der Waals surface area contributed by atoms with Gasteiger partial charge in [0.25, 0.3) is 0 Å². The molecule has 2 aromatic carbocycles. The van der Waals surface area contributed by atoms with Crippen LogP contribution in [0.3, 0.4) is 0 Å². The molecule has 0 saturated heterocycles. The number of halogens is 1. The molecule has 0 atom stereocenters. The van der Waals surface area contributed by atoms with Gasteiger partial charge in [-0.2, -0.15) is 0 Å². The van der Waals surface area contributed by atoms with Gasteiger partial charge in [0.05, 0.1) is 5.69 Å². The van der Waals surface area contributed by atoms with Crippen molar-refractivity contribution in [3.05, 3.63) is 52.4 Å². The first-order valence-electron chi connectivity index (χ1n) is 6.32. The zero-order valence-corrected chi connectivity index (χ0v) is 13.4. The van der Waals surface area contributed by atoms with E-state index >= 15 is 0 Å². The molecule has 0 aliphatic heterocycles. The number of urea groups is 1. The van der Waals surface area contributed by atoms with Gasteiger partial charge in [0, 0.05) is 9.26 Å². The topological polar surface area (TPSA) is 75.4 Å². The minimum absolute atomic E-state index is 0.482. The second-order valence-electron chi connectivity index (χ2n) is 4.42. The van der Waals surface area contributed by atoms with Crippen LogP contribution in [0.4, 0.5) is 16.2 Å². The first-order chi connectivity index (χ1) is 10.7. The second-order valence-corrected chi connectivity index (χ2v) is 5.67. The molecule has 110 valence electrons. The van der Waals surface area contributed by atoms with Gasteiger partial charge in [0.1, 0.15) is 5.52 Å². The van der Waals surface area contributed by atoms with Crippen molar-refractivity contribution in [3.63, 3.8) is 0 Å². The highest BCUT2D eigenvalue weighted by Gasteiger charge is 2.15. The molecule has 22 heavy (non-hydrogen) atoms. The van der Waals surface area contributed by atoms with Gasteiger partial charge in [0.2, 0.25) is 6.41 Å². The van der Waals surface area contributed by atoms with Crippen molar-refractivity contribution < 1.29 is 14.0 Å². The molecule has 0 spiro atoms. The standard InChI is InChI=1S/C15H10IN3O3/c16-10-2-1-3-12(6-10)19(9-20)15(21)18-11-4-5-14-13(7-11)17-8-22-14/h1-9H,(H,18,21). The molecule has 0 fully saturated rings. The van der Waals surface area contributed by atoms with Crippen LogP contribution in [-0.4, -0.2) is 17.4 Å². The number of carbonyl (C=O) groups excluding carboxylic acids is 2. The summed E-state index contributed by atoms with van der Waals surface area (Å²) in [6.45, 7) is 0. The Kier molecular flexibility index (Phi) is 4.05. The summed E-state index contributed by atoms with van der Waals surface area (Å²) >= 11 is 2.12. The molecule has 1 N–H and O–H groups in total. The maximum atomic E-state index is 12.3. The second kappa shape index (κ2) is 6.14. The van der Waals surface area contributed by atoms with E-state index in [0.29, 0.717) is 28.9 Å². The van der Waals surface area contributed by atoms with Crippen LogP contribution < -0.4 is 10.2 Å². The fraction of sp³-hybridized carbons (Fsp3) is 0. The van der Waals surface area contributed by atoms with E-state index in [9.17, 15) is 9.59 Å². The number of oxazole rings is 1. The Morgan fingerprint density at radius 1 is 1.27 bits per heavy atom. The largest absolute Gasteiger partial charge is 0.443 e. The average Bonchev–Trinajstić information content (AvgIpc) is 2.95. The number of nitrogens with one attached hydrogen (secondary N) is 1. The average molecular weight is 407 g/mol. The fourth-order valence-electron chi connectivity index (χ4n) is 1.97. The van der Waals surface area contributed by atoms with Crippen molar-refractivity contribution in [2.75, 3.05) is 10.2 Å². The van der Waals surface area contributed by atoms with Gasteiger partial charge in [-0.3, -0.25) is 4.79 Å². The van der Waals surface area contributed by atoms with E-state index in [4.69, 9.17) is 4.42 Å². The third kappa shape index (κ3) is 2.93. The minimum atomic E-state index is -0.542. The first kappa shape index (κ1) is 14.5. The van der Waals surface area contributed by atoms with E-state index in [1.54, 1.807) is 36.4 Å². The van der Waals surface area contributed by atoms with Crippen LogP contribution >= 0.6 is 22.6 Å². The predicted molar refractivity (Wildman–Crippen MR) is 90.7 cm³/mol. The highest BCUT2D eigenvalue weighted by atomic mass is 127. The van der Waals surface area contributed by atoms with Crippen molar-refractivity contribution in [2.24, 2.45) is 0 Å². The molecule has 3 rings (SSSR count). The molecule has 1 aromatic heterocycles. The Morgan fingerprint density at radius 3 is 2.91 bits per heavy atom. The number of benzene rings is 2. The highest BCUT2D eigenvalue weighted by molar-refractivity contribution is 14.1.